The number of hydrogen-bond donors (Lipinski definition) is 1. The third-order valence-corrected chi connectivity index (χ3v) is 3.62. The van der Waals surface area contributed by atoms with Crippen LogP contribution in [-0.4, -0.2) is 0 Å². The molecule has 0 amide bonds. The number of halogens is 1. The van der Waals surface area contributed by atoms with Crippen LogP contribution < -0.4 is 5.73 Å². The minimum Gasteiger partial charge on any atom is -0.390 e. The Balaban J connectivity index is 2.32. The lowest BCUT2D eigenvalue weighted by Crippen LogP contribution is -1.88. The summed E-state index contributed by atoms with van der Waals surface area (Å²) in [5.41, 5.74) is 7.16. The van der Waals surface area contributed by atoms with Gasteiger partial charge < -0.3 is 5.73 Å². The minimum absolute atomic E-state index is 0.975. The lowest BCUT2D eigenvalue weighted by atomic mass is 10.1. The molecule has 13 heavy (non-hydrogen) atoms. The van der Waals surface area contributed by atoms with Gasteiger partial charge in [0.05, 0.1) is 8.79 Å². The average Bonchev–Trinajstić information content (AvgIpc) is 2.39. The maximum Gasteiger partial charge on any atom is 0.0900 e. The van der Waals surface area contributed by atoms with Crippen LogP contribution in [0.3, 0.4) is 0 Å². The maximum absolute atomic E-state index is 5.84. The summed E-state index contributed by atoms with van der Waals surface area (Å²) in [4.78, 5) is 0. The first-order valence-corrected chi connectivity index (χ1v) is 6.38. The predicted molar refractivity (Wildman–Crippen MR) is 64.3 cm³/mol. The number of unbranched alkanes of at least 4 members (excludes halogenated alkanes) is 3. The van der Waals surface area contributed by atoms with Crippen LogP contribution in [0.1, 0.15) is 38.2 Å². The van der Waals surface area contributed by atoms with E-state index in [0.29, 0.717) is 0 Å². The number of nitrogens with two attached hydrogens (primary N) is 1. The van der Waals surface area contributed by atoms with E-state index in [4.69, 9.17) is 5.73 Å². The Labute approximate surface area is 92.5 Å². The van der Waals surface area contributed by atoms with Crippen molar-refractivity contribution in [2.24, 2.45) is 0 Å². The molecule has 1 heterocycles. The molecule has 0 aromatic carbocycles. The van der Waals surface area contributed by atoms with Gasteiger partial charge in [-0.3, -0.25) is 0 Å². The van der Waals surface area contributed by atoms with Crippen LogP contribution in [0, 0.1) is 0 Å². The van der Waals surface area contributed by atoms with Crippen molar-refractivity contribution in [1.29, 1.82) is 0 Å². The van der Waals surface area contributed by atoms with Crippen molar-refractivity contribution in [2.45, 2.75) is 39.0 Å². The molecule has 0 spiro atoms. The summed E-state index contributed by atoms with van der Waals surface area (Å²) in [5.74, 6) is 0. The second-order valence-electron chi connectivity index (χ2n) is 3.25. The van der Waals surface area contributed by atoms with Gasteiger partial charge in [0.15, 0.2) is 0 Å². The molecule has 3 heteroatoms. The first-order valence-electron chi connectivity index (χ1n) is 4.77. The number of aryl methyl sites for hydroxylation is 1. The van der Waals surface area contributed by atoms with Gasteiger partial charge in [0.25, 0.3) is 0 Å². The Bertz CT molecular complexity index is 257. The van der Waals surface area contributed by atoms with Gasteiger partial charge in [-0.1, -0.05) is 26.2 Å². The molecular formula is C10H16BrNS. The molecule has 0 fully saturated rings. The van der Waals surface area contributed by atoms with Crippen LogP contribution in [-0.2, 0) is 6.42 Å². The van der Waals surface area contributed by atoms with Crippen LogP contribution in [0.25, 0.3) is 0 Å². The van der Waals surface area contributed by atoms with Gasteiger partial charge in [0, 0.05) is 0 Å². The zero-order chi connectivity index (χ0) is 9.68. The predicted octanol–water partition coefficient (Wildman–Crippen LogP) is 4.22. The summed E-state index contributed by atoms with van der Waals surface area (Å²) in [5, 5.41) is 0.975. The topological polar surface area (TPSA) is 26.0 Å². The molecule has 1 aromatic rings. The van der Waals surface area contributed by atoms with Crippen LogP contribution in [0.2, 0.25) is 0 Å². The second-order valence-corrected chi connectivity index (χ2v) is 5.71. The molecule has 0 unspecified atom stereocenters. The largest absolute Gasteiger partial charge is 0.390 e. The third kappa shape index (κ3) is 3.69. The van der Waals surface area contributed by atoms with E-state index in [1.165, 1.54) is 31.2 Å². The van der Waals surface area contributed by atoms with E-state index in [9.17, 15) is 0 Å². The van der Waals surface area contributed by atoms with Crippen molar-refractivity contribution in [3.8, 4) is 0 Å². The second kappa shape index (κ2) is 5.66. The van der Waals surface area contributed by atoms with Crippen molar-refractivity contribution < 1.29 is 0 Å². The smallest absolute Gasteiger partial charge is 0.0900 e. The molecule has 74 valence electrons. The summed E-state index contributed by atoms with van der Waals surface area (Å²) >= 11 is 5.07. The standard InChI is InChI=1S/C10H16BrNS/c1-2-3-4-5-6-8-7-9(11)13-10(8)12/h7H,2-6,12H2,1H3. The molecule has 0 atom stereocenters. The van der Waals surface area contributed by atoms with E-state index < -0.39 is 0 Å². The fourth-order valence-electron chi connectivity index (χ4n) is 1.35. The summed E-state index contributed by atoms with van der Waals surface area (Å²) < 4.78 is 1.15. The summed E-state index contributed by atoms with van der Waals surface area (Å²) in [6.07, 6.45) is 6.35. The van der Waals surface area contributed by atoms with Crippen LogP contribution >= 0.6 is 27.3 Å². The molecule has 0 aliphatic rings. The number of anilines is 1. The van der Waals surface area contributed by atoms with Crippen LogP contribution in [0.15, 0.2) is 9.85 Å². The average molecular weight is 262 g/mol. The van der Waals surface area contributed by atoms with Crippen molar-refractivity contribution in [3.05, 3.63) is 15.4 Å². The third-order valence-electron chi connectivity index (χ3n) is 2.11. The normalized spacial score (nSPS) is 10.6. The summed E-state index contributed by atoms with van der Waals surface area (Å²) in [7, 11) is 0. The zero-order valence-corrected chi connectivity index (χ0v) is 10.4. The van der Waals surface area contributed by atoms with Gasteiger partial charge in [0.1, 0.15) is 0 Å². The molecule has 0 radical (unpaired) electrons. The molecule has 0 saturated carbocycles. The lowest BCUT2D eigenvalue weighted by molar-refractivity contribution is 0.668. The van der Waals surface area contributed by atoms with Gasteiger partial charge >= 0.3 is 0 Å². The van der Waals surface area contributed by atoms with E-state index in [1.54, 1.807) is 11.3 Å². The molecule has 0 aliphatic carbocycles. The van der Waals surface area contributed by atoms with Gasteiger partial charge in [-0.15, -0.1) is 11.3 Å². The first-order chi connectivity index (χ1) is 6.24. The molecule has 1 aromatic heterocycles. The minimum atomic E-state index is 0.975. The fraction of sp³-hybridized carbons (Fsp3) is 0.600. The Hall–Kier alpha value is -0.0200. The molecule has 0 aliphatic heterocycles. The highest BCUT2D eigenvalue weighted by Crippen LogP contribution is 2.30. The molecule has 0 saturated heterocycles. The fourth-order valence-corrected chi connectivity index (χ4v) is 2.85. The number of thiophene rings is 1. The van der Waals surface area contributed by atoms with E-state index in [2.05, 4.69) is 28.9 Å². The molecule has 0 bridgehead atoms. The highest BCUT2D eigenvalue weighted by Gasteiger charge is 2.03. The van der Waals surface area contributed by atoms with Gasteiger partial charge in [-0.05, 0) is 40.4 Å². The molecular weight excluding hydrogens is 246 g/mol. The van der Waals surface area contributed by atoms with Gasteiger partial charge in [0.2, 0.25) is 0 Å². The first kappa shape index (κ1) is 11.1. The highest BCUT2D eigenvalue weighted by atomic mass is 79.9. The Morgan fingerprint density at radius 1 is 1.38 bits per heavy atom. The highest BCUT2D eigenvalue weighted by molar-refractivity contribution is 9.11. The van der Waals surface area contributed by atoms with Gasteiger partial charge in [-0.25, -0.2) is 0 Å². The Morgan fingerprint density at radius 2 is 2.15 bits per heavy atom. The number of rotatable bonds is 5. The van der Waals surface area contributed by atoms with E-state index in [1.807, 2.05) is 0 Å². The van der Waals surface area contributed by atoms with Crippen molar-refractivity contribution in [2.75, 3.05) is 5.73 Å². The summed E-state index contributed by atoms with van der Waals surface area (Å²) in [6.45, 7) is 2.23. The maximum atomic E-state index is 5.84. The lowest BCUT2D eigenvalue weighted by Gasteiger charge is -1.98. The van der Waals surface area contributed by atoms with Crippen molar-refractivity contribution >= 4 is 32.3 Å². The SMILES string of the molecule is CCCCCCc1cc(Br)sc1N. The Kier molecular flexibility index (Phi) is 4.81. The van der Waals surface area contributed by atoms with E-state index >= 15 is 0 Å². The quantitative estimate of drug-likeness (QED) is 0.790. The van der Waals surface area contributed by atoms with Crippen LogP contribution in [0.4, 0.5) is 5.00 Å². The van der Waals surface area contributed by atoms with E-state index in [0.717, 1.165) is 15.2 Å². The van der Waals surface area contributed by atoms with Crippen LogP contribution in [0.5, 0.6) is 0 Å². The Morgan fingerprint density at radius 3 is 2.69 bits per heavy atom. The van der Waals surface area contributed by atoms with Gasteiger partial charge in [-0.2, -0.15) is 0 Å². The number of nitrogen functional groups attached to an aromatic ring is 1. The number of hydrogen-bond acceptors (Lipinski definition) is 2. The molecule has 1 rings (SSSR count). The molecule has 2 N–H and O–H groups in total. The van der Waals surface area contributed by atoms with Crippen molar-refractivity contribution in [1.82, 2.24) is 0 Å². The summed E-state index contributed by atoms with van der Waals surface area (Å²) in [6, 6.07) is 2.14. The van der Waals surface area contributed by atoms with E-state index in [-0.39, 0.29) is 0 Å². The zero-order valence-electron chi connectivity index (χ0n) is 7.98. The monoisotopic (exact) mass is 261 g/mol. The van der Waals surface area contributed by atoms with Crippen molar-refractivity contribution in [3.63, 3.8) is 0 Å². The molecule has 1 nitrogen and oxygen atoms in total.